The molecule has 2 saturated heterocycles. The number of ether oxygens (including phenoxy) is 1. The molecular weight excluding hydrogens is 608 g/mol. The van der Waals surface area contributed by atoms with Gasteiger partial charge in [0, 0.05) is 72.8 Å². The highest BCUT2D eigenvalue weighted by Gasteiger charge is 2.29. The first-order valence-electron chi connectivity index (χ1n) is 17.5. The zero-order valence-electron chi connectivity index (χ0n) is 27.7. The summed E-state index contributed by atoms with van der Waals surface area (Å²) >= 11 is 0. The number of nitrogens with zero attached hydrogens (tertiary/aromatic N) is 4. The third kappa shape index (κ3) is 6.92. The molecule has 0 spiro atoms. The number of amides is 3. The van der Waals surface area contributed by atoms with Crippen molar-refractivity contribution in [2.45, 2.75) is 89.3 Å². The van der Waals surface area contributed by atoms with E-state index in [1.54, 1.807) is 23.2 Å². The van der Waals surface area contributed by atoms with Crippen molar-refractivity contribution >= 4 is 46.4 Å². The maximum Gasteiger partial charge on any atom is 0.339 e. The molecular formula is C37H46N6O5. The van der Waals surface area contributed by atoms with E-state index in [9.17, 15) is 19.5 Å². The number of hydrogen-bond acceptors (Lipinski definition) is 7. The second-order valence-electron chi connectivity index (χ2n) is 14.0. The third-order valence-corrected chi connectivity index (χ3v) is 10.6. The second kappa shape index (κ2) is 13.6. The molecule has 0 bridgehead atoms. The predicted molar refractivity (Wildman–Crippen MR) is 186 cm³/mol. The zero-order chi connectivity index (χ0) is 33.4. The Bertz CT molecular complexity index is 1730. The van der Waals surface area contributed by atoms with E-state index in [4.69, 9.17) is 15.5 Å². The SMILES string of the molecule is Cc1cc2c(N3CCC(=O)NC3=O)cccc2n1C1CCN(CCC2CCC(N=Cc3cc(C(=O)O)c(OC4CC4)cc3N)CC2)CC1. The molecule has 3 aromatic rings. The number of carboxylic acid groups (broad SMARTS) is 1. The van der Waals surface area contributed by atoms with Gasteiger partial charge in [-0.3, -0.25) is 20.0 Å². The summed E-state index contributed by atoms with van der Waals surface area (Å²) in [5.41, 5.74) is 10.7. The van der Waals surface area contributed by atoms with Crippen LogP contribution in [0.25, 0.3) is 10.9 Å². The van der Waals surface area contributed by atoms with Gasteiger partial charge in [0.05, 0.1) is 17.3 Å². The number of aryl methyl sites for hydroxylation is 1. The molecule has 7 rings (SSSR count). The number of rotatable bonds is 10. The monoisotopic (exact) mass is 654 g/mol. The molecule has 0 atom stereocenters. The van der Waals surface area contributed by atoms with Gasteiger partial charge in [0.2, 0.25) is 5.91 Å². The van der Waals surface area contributed by atoms with Crippen LogP contribution in [0.3, 0.4) is 0 Å². The number of nitrogen functional groups attached to an aromatic ring is 1. The van der Waals surface area contributed by atoms with Crippen molar-refractivity contribution in [1.82, 2.24) is 14.8 Å². The molecule has 0 radical (unpaired) electrons. The van der Waals surface area contributed by atoms with Crippen LogP contribution in [0.4, 0.5) is 16.2 Å². The lowest BCUT2D eigenvalue weighted by Gasteiger charge is -2.35. The molecule has 48 heavy (non-hydrogen) atoms. The number of nitrogens with one attached hydrogen (secondary N) is 1. The van der Waals surface area contributed by atoms with Crippen molar-refractivity contribution in [1.29, 1.82) is 0 Å². The number of carbonyl (C=O) groups is 3. The number of aromatic nitrogens is 1. The van der Waals surface area contributed by atoms with Crippen molar-refractivity contribution in [3.63, 3.8) is 0 Å². The van der Waals surface area contributed by atoms with E-state index in [2.05, 4.69) is 33.8 Å². The number of carboxylic acids is 1. The quantitative estimate of drug-likeness (QED) is 0.182. The molecule has 1 aromatic heterocycles. The van der Waals surface area contributed by atoms with Crippen LogP contribution in [0.2, 0.25) is 0 Å². The Morgan fingerprint density at radius 2 is 1.81 bits per heavy atom. The average molecular weight is 655 g/mol. The Hall–Kier alpha value is -4.38. The Balaban J connectivity index is 0.891. The molecule has 2 aliphatic carbocycles. The Labute approximate surface area is 281 Å². The summed E-state index contributed by atoms with van der Waals surface area (Å²) in [6.07, 6.45) is 11.8. The first kappa shape index (κ1) is 32.2. The Morgan fingerprint density at radius 1 is 1.04 bits per heavy atom. The minimum absolute atomic E-state index is 0.0984. The van der Waals surface area contributed by atoms with Gasteiger partial charge in [0.25, 0.3) is 0 Å². The molecule has 4 fully saturated rings. The fraction of sp³-hybridized carbons (Fsp3) is 0.514. The summed E-state index contributed by atoms with van der Waals surface area (Å²) in [7, 11) is 0. The number of hydrogen-bond donors (Lipinski definition) is 3. The number of nitrogens with two attached hydrogens (primary N) is 1. The van der Waals surface area contributed by atoms with E-state index in [0.29, 0.717) is 41.9 Å². The maximum absolute atomic E-state index is 12.6. The van der Waals surface area contributed by atoms with Crippen LogP contribution in [0, 0.1) is 12.8 Å². The highest BCUT2D eigenvalue weighted by molar-refractivity contribution is 6.09. The van der Waals surface area contributed by atoms with Gasteiger partial charge in [-0.15, -0.1) is 0 Å². The molecule has 2 saturated carbocycles. The van der Waals surface area contributed by atoms with Gasteiger partial charge in [-0.25, -0.2) is 9.59 Å². The van der Waals surface area contributed by atoms with Gasteiger partial charge >= 0.3 is 12.0 Å². The second-order valence-corrected chi connectivity index (χ2v) is 14.0. The lowest BCUT2D eigenvalue weighted by atomic mass is 9.84. The number of fused-ring (bicyclic) bond motifs is 1. The van der Waals surface area contributed by atoms with E-state index in [1.807, 2.05) is 12.1 Å². The topological polar surface area (TPSA) is 142 Å². The smallest absolute Gasteiger partial charge is 0.339 e. The van der Waals surface area contributed by atoms with E-state index in [1.165, 1.54) is 12.1 Å². The lowest BCUT2D eigenvalue weighted by molar-refractivity contribution is -0.120. The third-order valence-electron chi connectivity index (χ3n) is 10.6. The van der Waals surface area contributed by atoms with Crippen molar-refractivity contribution in [2.75, 3.05) is 36.8 Å². The standard InChI is InChI=1S/C37H46N6O5/c1-23-19-29-32(42-18-14-35(44)40-37(42)47)3-2-4-33(29)43(23)27-12-16-41(17-13-27)15-11-24-5-7-26(8-6-24)39-22-25-20-30(36(45)46)34(21-31(25)38)48-28-9-10-28/h2-4,19-22,24,26-28H,5-18,38H2,1H3,(H,45,46)(H,40,44,47). The number of benzene rings is 2. The molecule has 2 aliphatic heterocycles. The number of aliphatic imine (C=N–C) groups is 1. The maximum atomic E-state index is 12.6. The molecule has 4 N–H and O–H groups in total. The van der Waals surface area contributed by atoms with Crippen molar-refractivity contribution < 1.29 is 24.2 Å². The van der Waals surface area contributed by atoms with Gasteiger partial charge in [-0.05, 0) is 101 Å². The number of aromatic carboxylic acids is 1. The fourth-order valence-corrected chi connectivity index (χ4v) is 7.77. The Morgan fingerprint density at radius 3 is 2.52 bits per heavy atom. The van der Waals surface area contributed by atoms with Crippen LogP contribution in [0.5, 0.6) is 5.75 Å². The molecule has 254 valence electrons. The van der Waals surface area contributed by atoms with Crippen molar-refractivity contribution in [2.24, 2.45) is 10.9 Å². The molecule has 11 heteroatoms. The number of carbonyl (C=O) groups excluding carboxylic acids is 2. The first-order chi connectivity index (χ1) is 23.2. The van der Waals surface area contributed by atoms with Gasteiger partial charge < -0.3 is 25.0 Å². The van der Waals surface area contributed by atoms with Crippen LogP contribution in [0.15, 0.2) is 41.4 Å². The normalized spacial score (nSPS) is 22.8. The lowest BCUT2D eigenvalue weighted by Crippen LogP contribution is -2.49. The summed E-state index contributed by atoms with van der Waals surface area (Å²) in [5.74, 6) is -0.190. The van der Waals surface area contributed by atoms with E-state index in [0.717, 1.165) is 87.6 Å². The number of likely N-dealkylation sites (tertiary alicyclic amines) is 1. The van der Waals surface area contributed by atoms with Gasteiger partial charge in [0.1, 0.15) is 11.3 Å². The molecule has 0 unspecified atom stereocenters. The van der Waals surface area contributed by atoms with Crippen LogP contribution in [0.1, 0.15) is 91.9 Å². The molecule has 3 amide bonds. The summed E-state index contributed by atoms with van der Waals surface area (Å²) in [6.45, 7) is 5.82. The molecule has 3 heterocycles. The first-order valence-corrected chi connectivity index (χ1v) is 17.5. The van der Waals surface area contributed by atoms with Crippen molar-refractivity contribution in [3.05, 3.63) is 53.2 Å². The summed E-state index contributed by atoms with van der Waals surface area (Å²) in [6, 6.07) is 11.8. The largest absolute Gasteiger partial charge is 0.489 e. The average Bonchev–Trinajstić information content (AvgIpc) is 3.82. The highest BCUT2D eigenvalue weighted by Crippen LogP contribution is 2.37. The number of urea groups is 1. The van der Waals surface area contributed by atoms with E-state index >= 15 is 0 Å². The van der Waals surface area contributed by atoms with Gasteiger partial charge in [0.15, 0.2) is 0 Å². The summed E-state index contributed by atoms with van der Waals surface area (Å²) in [4.78, 5) is 45.2. The highest BCUT2D eigenvalue weighted by atomic mass is 16.5. The zero-order valence-corrected chi connectivity index (χ0v) is 27.7. The molecule has 2 aromatic carbocycles. The number of piperidine rings is 1. The summed E-state index contributed by atoms with van der Waals surface area (Å²) < 4.78 is 8.22. The summed E-state index contributed by atoms with van der Waals surface area (Å²) in [5, 5.41) is 13.2. The van der Waals surface area contributed by atoms with E-state index in [-0.39, 0.29) is 29.6 Å². The van der Waals surface area contributed by atoms with E-state index < -0.39 is 5.97 Å². The van der Waals surface area contributed by atoms with Crippen LogP contribution >= 0.6 is 0 Å². The number of anilines is 2. The fourth-order valence-electron chi connectivity index (χ4n) is 7.77. The molecule has 11 nitrogen and oxygen atoms in total. The van der Waals surface area contributed by atoms with Gasteiger partial charge in [-0.2, -0.15) is 0 Å². The minimum Gasteiger partial charge on any atom is -0.489 e. The number of imide groups is 1. The van der Waals surface area contributed by atoms with Crippen molar-refractivity contribution in [3.8, 4) is 5.75 Å². The van der Waals surface area contributed by atoms with Gasteiger partial charge in [-0.1, -0.05) is 6.07 Å². The van der Waals surface area contributed by atoms with Crippen LogP contribution in [-0.4, -0.2) is 77.0 Å². The molecule has 4 aliphatic rings. The minimum atomic E-state index is -1.02. The van der Waals surface area contributed by atoms with Crippen LogP contribution < -0.4 is 20.7 Å². The predicted octanol–water partition coefficient (Wildman–Crippen LogP) is 5.92. The van der Waals surface area contributed by atoms with Crippen LogP contribution in [-0.2, 0) is 4.79 Å². The Kier molecular flexibility index (Phi) is 9.13.